The Morgan fingerprint density at radius 3 is 2.25 bits per heavy atom. The lowest BCUT2D eigenvalue weighted by Gasteiger charge is -2.20. The summed E-state index contributed by atoms with van der Waals surface area (Å²) in [5.74, 6) is 0. The number of aryl methyl sites for hydroxylation is 1. The molecule has 1 aliphatic carbocycles. The first-order valence-electron chi connectivity index (χ1n) is 13.6. The number of hydrogen-bond acceptors (Lipinski definition) is 4. The van der Waals surface area contributed by atoms with E-state index in [1.54, 1.807) is 0 Å². The molecule has 2 heterocycles. The van der Waals surface area contributed by atoms with Gasteiger partial charge in [-0.05, 0) is 76.6 Å². The normalized spacial score (nSPS) is 12.2. The van der Waals surface area contributed by atoms with Gasteiger partial charge in [0.1, 0.15) is 22.6 Å². The molecule has 0 unspecified atom stereocenters. The molecule has 0 radical (unpaired) electrons. The van der Waals surface area contributed by atoms with E-state index in [-0.39, 0.29) is 0 Å². The summed E-state index contributed by atoms with van der Waals surface area (Å²) in [4.78, 5) is 0. The van der Waals surface area contributed by atoms with Crippen molar-refractivity contribution in [2.75, 3.05) is 0 Å². The number of rotatable bonds is 3. The Morgan fingerprint density at radius 1 is 0.625 bits per heavy atom. The zero-order valence-corrected chi connectivity index (χ0v) is 22.3. The van der Waals surface area contributed by atoms with Crippen molar-refractivity contribution in [1.82, 2.24) is 15.4 Å². The van der Waals surface area contributed by atoms with Crippen LogP contribution in [0.3, 0.4) is 0 Å². The van der Waals surface area contributed by atoms with Crippen molar-refractivity contribution >= 4 is 21.9 Å². The minimum Gasteiger partial charge on any atom is -0.456 e. The molecule has 0 bridgehead atoms. The van der Waals surface area contributed by atoms with Crippen LogP contribution in [-0.4, -0.2) is 15.4 Å². The molecule has 7 aromatic rings. The van der Waals surface area contributed by atoms with E-state index in [2.05, 4.69) is 91.9 Å². The lowest BCUT2D eigenvalue weighted by Crippen LogP contribution is -2.04. The maximum atomic E-state index is 6.27. The fourth-order valence-electron chi connectivity index (χ4n) is 6.38. The van der Waals surface area contributed by atoms with Crippen LogP contribution in [0.25, 0.3) is 66.7 Å². The van der Waals surface area contributed by atoms with Gasteiger partial charge in [0.15, 0.2) is 0 Å². The molecule has 4 heteroatoms. The zero-order valence-electron chi connectivity index (χ0n) is 22.3. The molecular formula is C36H25N3O. The quantitative estimate of drug-likeness (QED) is 0.236. The molecule has 8 rings (SSSR count). The van der Waals surface area contributed by atoms with Gasteiger partial charge in [-0.25, -0.2) is 0 Å². The third kappa shape index (κ3) is 3.29. The molecule has 0 amide bonds. The van der Waals surface area contributed by atoms with E-state index >= 15 is 0 Å². The first-order valence-corrected chi connectivity index (χ1v) is 13.6. The molecule has 2 aromatic heterocycles. The summed E-state index contributed by atoms with van der Waals surface area (Å²) in [6.45, 7) is 4.43. The highest BCUT2D eigenvalue weighted by Gasteiger charge is 2.29. The first-order chi connectivity index (χ1) is 19.7. The Bertz CT molecular complexity index is 2110. The van der Waals surface area contributed by atoms with Crippen LogP contribution in [-0.2, 0) is 6.42 Å². The largest absolute Gasteiger partial charge is 0.456 e. The lowest BCUT2D eigenvalue weighted by atomic mass is 9.84. The Kier molecular flexibility index (Phi) is 4.98. The van der Waals surface area contributed by atoms with E-state index in [1.165, 1.54) is 38.9 Å². The van der Waals surface area contributed by atoms with Gasteiger partial charge >= 0.3 is 0 Å². The van der Waals surface area contributed by atoms with E-state index < -0.39 is 0 Å². The second-order valence-corrected chi connectivity index (χ2v) is 10.6. The molecule has 5 aromatic carbocycles. The van der Waals surface area contributed by atoms with E-state index in [4.69, 9.17) is 14.6 Å². The minimum atomic E-state index is 0.817. The maximum absolute atomic E-state index is 6.27. The molecule has 0 saturated heterocycles. The Morgan fingerprint density at radius 2 is 1.35 bits per heavy atom. The number of benzene rings is 5. The van der Waals surface area contributed by atoms with Gasteiger partial charge in [0, 0.05) is 27.5 Å². The van der Waals surface area contributed by atoms with Gasteiger partial charge in [0.2, 0.25) is 0 Å². The van der Waals surface area contributed by atoms with Gasteiger partial charge in [-0.2, -0.15) is 0 Å². The molecular weight excluding hydrogens is 490 g/mol. The number of furan rings is 1. The van der Waals surface area contributed by atoms with E-state index in [9.17, 15) is 0 Å². The van der Waals surface area contributed by atoms with Crippen LogP contribution in [0.1, 0.15) is 22.3 Å². The highest BCUT2D eigenvalue weighted by atomic mass is 16.3. The molecule has 4 nitrogen and oxygen atoms in total. The van der Waals surface area contributed by atoms with Crippen LogP contribution in [0.4, 0.5) is 0 Å². The molecule has 0 fully saturated rings. The topological polar surface area (TPSA) is 51.8 Å². The summed E-state index contributed by atoms with van der Waals surface area (Å²) in [5.41, 5.74) is 15.3. The minimum absolute atomic E-state index is 0.817. The summed E-state index contributed by atoms with van der Waals surface area (Å²) >= 11 is 0. The summed E-state index contributed by atoms with van der Waals surface area (Å²) in [5, 5.41) is 16.0. The number of aromatic nitrogens is 3. The first kappa shape index (κ1) is 22.9. The van der Waals surface area contributed by atoms with Crippen molar-refractivity contribution in [2.45, 2.75) is 20.3 Å². The number of nitrogens with zero attached hydrogens (tertiary/aromatic N) is 3. The van der Waals surface area contributed by atoms with Crippen LogP contribution in [0.5, 0.6) is 0 Å². The number of fused-ring (bicyclic) bond motifs is 6. The van der Waals surface area contributed by atoms with Crippen molar-refractivity contribution in [2.24, 2.45) is 0 Å². The number of hydrogen-bond donors (Lipinski definition) is 0. The third-order valence-corrected chi connectivity index (χ3v) is 8.35. The molecule has 0 spiro atoms. The van der Waals surface area contributed by atoms with Crippen molar-refractivity contribution in [3.8, 4) is 44.8 Å². The zero-order chi connectivity index (χ0) is 26.8. The van der Waals surface area contributed by atoms with Crippen molar-refractivity contribution < 1.29 is 4.42 Å². The molecule has 0 atom stereocenters. The number of para-hydroxylation sites is 1. The van der Waals surface area contributed by atoms with Crippen molar-refractivity contribution in [3.63, 3.8) is 0 Å². The molecule has 190 valence electrons. The second kappa shape index (κ2) is 8.72. The van der Waals surface area contributed by atoms with E-state index in [0.29, 0.717) is 0 Å². The van der Waals surface area contributed by atoms with Gasteiger partial charge < -0.3 is 4.42 Å². The summed E-state index contributed by atoms with van der Waals surface area (Å²) < 4.78 is 6.27. The highest BCUT2D eigenvalue weighted by Crippen LogP contribution is 2.49. The Hall–Kier alpha value is -5.09. The van der Waals surface area contributed by atoms with Gasteiger partial charge in [0.25, 0.3) is 0 Å². The lowest BCUT2D eigenvalue weighted by molar-refractivity contribution is 0.669. The van der Waals surface area contributed by atoms with Crippen LogP contribution in [0, 0.1) is 13.8 Å². The van der Waals surface area contributed by atoms with Crippen LogP contribution in [0.2, 0.25) is 0 Å². The van der Waals surface area contributed by atoms with Crippen molar-refractivity contribution in [1.29, 1.82) is 0 Å². The Balaban J connectivity index is 1.52. The second-order valence-electron chi connectivity index (χ2n) is 10.6. The van der Waals surface area contributed by atoms with Gasteiger partial charge in [-0.15, -0.1) is 10.2 Å². The maximum Gasteiger partial charge on any atom is 0.136 e. The summed E-state index contributed by atoms with van der Waals surface area (Å²) in [7, 11) is 0. The fourth-order valence-corrected chi connectivity index (χ4v) is 6.38. The van der Waals surface area contributed by atoms with Crippen LogP contribution >= 0.6 is 0 Å². The smallest absolute Gasteiger partial charge is 0.136 e. The summed E-state index contributed by atoms with van der Waals surface area (Å²) in [6, 6.07) is 35.8. The van der Waals surface area contributed by atoms with Crippen LogP contribution < -0.4 is 0 Å². The van der Waals surface area contributed by atoms with Crippen molar-refractivity contribution in [3.05, 3.63) is 125 Å². The molecule has 40 heavy (non-hydrogen) atoms. The standard InChI is InChI=1S/C36H25N3O/c1-21-19-28-25-14-7-6-13-24(25)20-29(28)32(22(21)2)34-35(23-11-4-3-5-12-23)37-39-38-36(34)27-16-10-18-31-33(27)26-15-8-9-17-30(26)40-31/h3-19H,20H2,1-2H3. The van der Waals surface area contributed by atoms with Crippen LogP contribution in [0.15, 0.2) is 108 Å². The monoisotopic (exact) mass is 515 g/mol. The van der Waals surface area contributed by atoms with E-state index in [1.807, 2.05) is 30.3 Å². The molecule has 0 saturated carbocycles. The third-order valence-electron chi connectivity index (χ3n) is 8.35. The molecule has 1 aliphatic rings. The molecule has 0 aliphatic heterocycles. The highest BCUT2D eigenvalue weighted by molar-refractivity contribution is 6.14. The summed E-state index contributed by atoms with van der Waals surface area (Å²) in [6.07, 6.45) is 0.872. The predicted molar refractivity (Wildman–Crippen MR) is 161 cm³/mol. The van der Waals surface area contributed by atoms with E-state index in [0.717, 1.165) is 56.4 Å². The van der Waals surface area contributed by atoms with Gasteiger partial charge in [-0.3, -0.25) is 0 Å². The van der Waals surface area contributed by atoms with Gasteiger partial charge in [0.05, 0.1) is 0 Å². The fraction of sp³-hybridized carbons (Fsp3) is 0.0833. The van der Waals surface area contributed by atoms with Gasteiger partial charge in [-0.1, -0.05) is 91.0 Å². The SMILES string of the molecule is Cc1cc2c(c(-c3c(-c4ccccc4)nnnc3-c3cccc4oc5ccccc5c34)c1C)Cc1ccccc1-2. The Labute approximate surface area is 232 Å². The predicted octanol–water partition coefficient (Wildman–Crippen LogP) is 8.96. The average molecular weight is 516 g/mol. The molecule has 0 N–H and O–H groups in total. The average Bonchev–Trinajstić information content (AvgIpc) is 3.56.